The van der Waals surface area contributed by atoms with Crippen molar-refractivity contribution in [3.05, 3.63) is 221 Å². The van der Waals surface area contributed by atoms with Crippen molar-refractivity contribution in [3.63, 3.8) is 0 Å². The molecule has 3 heteroatoms. The molecule has 0 unspecified atom stereocenters. The van der Waals surface area contributed by atoms with E-state index >= 15 is 0 Å². The molecule has 0 radical (unpaired) electrons. The van der Waals surface area contributed by atoms with Gasteiger partial charge in [-0.25, -0.2) is 0 Å². The van der Waals surface area contributed by atoms with Crippen molar-refractivity contribution in [2.75, 3.05) is 9.80 Å². The molecule has 0 aromatic heterocycles. The minimum Gasteiger partial charge on any atom is -0.311 e. The van der Waals surface area contributed by atoms with E-state index in [0.29, 0.717) is 0 Å². The van der Waals surface area contributed by atoms with E-state index in [1.54, 1.807) is 0 Å². The fourth-order valence-corrected chi connectivity index (χ4v) is 12.5. The van der Waals surface area contributed by atoms with Gasteiger partial charge in [0.25, 0.3) is 6.71 Å². The van der Waals surface area contributed by atoms with E-state index in [9.17, 15) is 0 Å². The lowest BCUT2D eigenvalue weighted by molar-refractivity contribution is 0.569. The van der Waals surface area contributed by atoms with Gasteiger partial charge in [-0.05, 0) is 152 Å². The lowest BCUT2D eigenvalue weighted by atomic mass is 9.33. The Morgan fingerprint density at radius 1 is 0.247 bits per heavy atom. The zero-order valence-electron chi connectivity index (χ0n) is 51.9. The number of nitrogens with zero attached hydrogens (tertiary/aromatic N) is 2. The molecule has 0 N–H and O–H groups in total. The lowest BCUT2D eigenvalue weighted by Gasteiger charge is -2.46. The largest absolute Gasteiger partial charge is 0.311 e. The summed E-state index contributed by atoms with van der Waals surface area (Å²) in [6, 6.07) is 73.3. The summed E-state index contributed by atoms with van der Waals surface area (Å²) in [6.07, 6.45) is 0. The number of benzene rings is 9. The molecule has 410 valence electrons. The summed E-state index contributed by atoms with van der Waals surface area (Å²) < 4.78 is 0. The predicted octanol–water partition coefficient (Wildman–Crippen LogP) is 20.2. The molecule has 0 saturated heterocycles. The molecule has 0 aliphatic carbocycles. The highest BCUT2D eigenvalue weighted by Crippen LogP contribution is 2.52. The zero-order valence-corrected chi connectivity index (χ0v) is 51.9. The van der Waals surface area contributed by atoms with Crippen LogP contribution in [0, 0.1) is 0 Å². The summed E-state index contributed by atoms with van der Waals surface area (Å²) in [5.74, 6) is 0. The van der Waals surface area contributed by atoms with Gasteiger partial charge in [-0.1, -0.05) is 276 Å². The van der Waals surface area contributed by atoms with E-state index < -0.39 is 0 Å². The Morgan fingerprint density at radius 3 is 1.14 bits per heavy atom. The van der Waals surface area contributed by atoms with Crippen LogP contribution in [0.4, 0.5) is 34.1 Å². The Kier molecular flexibility index (Phi) is 13.5. The molecule has 0 saturated carbocycles. The molecule has 0 bridgehead atoms. The summed E-state index contributed by atoms with van der Waals surface area (Å²) in [6.45, 7) is 42.3. The van der Waals surface area contributed by atoms with Crippen LogP contribution >= 0.6 is 0 Å². The molecule has 0 amide bonds. The molecule has 81 heavy (non-hydrogen) atoms. The van der Waals surface area contributed by atoms with E-state index in [1.807, 2.05) is 0 Å². The molecule has 2 heterocycles. The predicted molar refractivity (Wildman–Crippen MR) is 354 cm³/mol. The van der Waals surface area contributed by atoms with Gasteiger partial charge in [0.2, 0.25) is 0 Å². The third-order valence-electron chi connectivity index (χ3n) is 17.4. The van der Waals surface area contributed by atoms with Gasteiger partial charge in [0.15, 0.2) is 0 Å². The second-order valence-corrected chi connectivity index (χ2v) is 29.6. The molecule has 9 aromatic rings. The molecule has 2 aliphatic rings. The quantitative estimate of drug-likeness (QED) is 0.153. The van der Waals surface area contributed by atoms with Crippen LogP contribution in [0.5, 0.6) is 0 Å². The molecular weight excluding hydrogens is 976 g/mol. The van der Waals surface area contributed by atoms with Gasteiger partial charge >= 0.3 is 0 Å². The molecule has 9 aromatic carbocycles. The molecule has 2 aliphatic heterocycles. The highest BCUT2D eigenvalue weighted by Gasteiger charge is 2.45. The maximum atomic E-state index is 2.70. The molecule has 0 spiro atoms. The van der Waals surface area contributed by atoms with E-state index in [-0.39, 0.29) is 39.2 Å². The van der Waals surface area contributed by atoms with Gasteiger partial charge in [-0.3, -0.25) is 0 Å². The van der Waals surface area contributed by atoms with E-state index in [2.05, 4.69) is 322 Å². The fourth-order valence-electron chi connectivity index (χ4n) is 12.5. The second kappa shape index (κ2) is 19.7. The normalized spacial score (nSPS) is 13.7. The molecule has 2 nitrogen and oxygen atoms in total. The summed E-state index contributed by atoms with van der Waals surface area (Å²) in [7, 11) is 0. The number of hydrogen-bond acceptors (Lipinski definition) is 2. The van der Waals surface area contributed by atoms with Crippen LogP contribution in [0.3, 0.4) is 0 Å². The monoisotopic (exact) mass is 1060 g/mol. The van der Waals surface area contributed by atoms with Crippen molar-refractivity contribution >= 4 is 57.2 Å². The number of fused-ring (bicyclic) bond motifs is 4. The van der Waals surface area contributed by atoms with Crippen LogP contribution in [0.25, 0.3) is 44.5 Å². The van der Waals surface area contributed by atoms with Gasteiger partial charge < -0.3 is 9.80 Å². The Hall–Kier alpha value is -7.36. The number of anilines is 6. The maximum Gasteiger partial charge on any atom is 0.252 e. The van der Waals surface area contributed by atoms with E-state index in [1.165, 1.54) is 128 Å². The van der Waals surface area contributed by atoms with Crippen LogP contribution in [-0.2, 0) is 32.5 Å². The summed E-state index contributed by atoms with van der Waals surface area (Å²) >= 11 is 0. The van der Waals surface area contributed by atoms with Gasteiger partial charge in [0.05, 0.1) is 11.4 Å². The van der Waals surface area contributed by atoms with Crippen molar-refractivity contribution in [1.82, 2.24) is 0 Å². The average Bonchev–Trinajstić information content (AvgIpc) is 1.47. The standard InChI is InChI=1S/C78H85BN2/c1-73(2,3)55-34-37-61(50-27-21-19-22-28-50)67(47-55)80-66-40-33-52(60-31-25-26-32-63(60)78(16,17)18)43-65(66)79-64-39-36-57(75(7,8)9)49-69(64)81(68-48-56(74(4,5)6)35-38-62(68)51-29-23-20-24-30-51)71-45-54(44-70(80)72(71)79)53-41-58(76(10,11)12)46-59(42-53)77(13,14)15/h19-49H,1-18H3. The van der Waals surface area contributed by atoms with Gasteiger partial charge in [-0.15, -0.1) is 0 Å². The van der Waals surface area contributed by atoms with Crippen molar-refractivity contribution in [3.8, 4) is 44.5 Å². The first-order valence-electron chi connectivity index (χ1n) is 29.7. The van der Waals surface area contributed by atoms with Gasteiger partial charge in [0.1, 0.15) is 0 Å². The van der Waals surface area contributed by atoms with Crippen LogP contribution in [0.1, 0.15) is 158 Å². The Balaban J connectivity index is 1.37. The minimum absolute atomic E-state index is 0.0663. The zero-order chi connectivity index (χ0) is 57.9. The molecule has 0 atom stereocenters. The van der Waals surface area contributed by atoms with Crippen molar-refractivity contribution in [2.24, 2.45) is 0 Å². The molecule has 11 rings (SSSR count). The third-order valence-corrected chi connectivity index (χ3v) is 17.4. The first kappa shape index (κ1) is 55.5. The van der Waals surface area contributed by atoms with Gasteiger partial charge in [-0.2, -0.15) is 0 Å². The summed E-state index contributed by atoms with van der Waals surface area (Å²) in [5, 5.41) is 0. The Bertz CT molecular complexity index is 3840. The summed E-state index contributed by atoms with van der Waals surface area (Å²) in [4.78, 5) is 5.38. The maximum absolute atomic E-state index is 2.70. The highest BCUT2D eigenvalue weighted by molar-refractivity contribution is 7.00. The van der Waals surface area contributed by atoms with Crippen LogP contribution in [-0.4, -0.2) is 6.71 Å². The smallest absolute Gasteiger partial charge is 0.252 e. The van der Waals surface area contributed by atoms with Crippen LogP contribution in [0.15, 0.2) is 188 Å². The SMILES string of the molecule is CC(C)(C)c1cc(-c2cc3c4c(c2)N(c2cc(C(C)(C)C)ccc2-c2ccccc2)c2cc(C(C)(C)C)ccc2B4c2cc(-c4ccccc4C(C)(C)C)ccc2N3c2cc(C(C)(C)C)ccc2-c2ccccc2)cc(C(C)(C)C)c1. The van der Waals surface area contributed by atoms with Crippen molar-refractivity contribution < 1.29 is 0 Å². The highest BCUT2D eigenvalue weighted by atomic mass is 15.2. The molecular formula is C78H85BN2. The lowest BCUT2D eigenvalue weighted by Crippen LogP contribution is -2.61. The van der Waals surface area contributed by atoms with E-state index in [0.717, 1.165) is 0 Å². The minimum atomic E-state index is -0.115. The number of hydrogen-bond donors (Lipinski definition) is 0. The van der Waals surface area contributed by atoms with Gasteiger partial charge in [0, 0.05) is 33.9 Å². The van der Waals surface area contributed by atoms with E-state index in [4.69, 9.17) is 0 Å². The topological polar surface area (TPSA) is 6.48 Å². The average molecular weight is 1060 g/mol. The first-order chi connectivity index (χ1) is 38.0. The van der Waals surface area contributed by atoms with Crippen LogP contribution < -0.4 is 26.2 Å². The van der Waals surface area contributed by atoms with Crippen LogP contribution in [0.2, 0.25) is 0 Å². The second-order valence-electron chi connectivity index (χ2n) is 29.6. The Labute approximate surface area is 487 Å². The Morgan fingerprint density at radius 2 is 0.667 bits per heavy atom. The molecule has 0 fully saturated rings. The fraction of sp³-hybridized carbons (Fsp3) is 0.308. The van der Waals surface area contributed by atoms with Crippen molar-refractivity contribution in [2.45, 2.75) is 157 Å². The third kappa shape index (κ3) is 10.3. The first-order valence-corrected chi connectivity index (χ1v) is 29.7. The van der Waals surface area contributed by atoms with Crippen molar-refractivity contribution in [1.29, 1.82) is 0 Å². The number of rotatable bonds is 6. The summed E-state index contributed by atoms with van der Waals surface area (Å²) in [5.41, 5.74) is 28.2.